The molecule has 3 amide bonds. The molecule has 24 heavy (non-hydrogen) atoms. The van der Waals surface area contributed by atoms with Crippen LogP contribution in [0.2, 0.25) is 0 Å². The molecule has 1 aromatic rings. The van der Waals surface area contributed by atoms with Crippen LogP contribution in [0.1, 0.15) is 43.0 Å². The van der Waals surface area contributed by atoms with E-state index in [1.54, 1.807) is 29.4 Å². The number of pyridine rings is 1. The van der Waals surface area contributed by atoms with Crippen molar-refractivity contribution in [2.45, 2.75) is 38.6 Å². The number of nitrogens with one attached hydrogen (secondary N) is 1. The van der Waals surface area contributed by atoms with E-state index in [0.717, 1.165) is 32.4 Å². The minimum absolute atomic E-state index is 0.0107. The standard InChI is InChI=1S/C18H26N4O2/c1-14-4-3-9-21(10-6-14)18(24)20-16-7-11-22(13-16)17(23)15-5-2-8-19-12-15/h2,5,8,12,14,16H,3-4,6-7,9-11,13H2,1H3,(H,20,24)/t14-,16-/m0/s1. The Labute approximate surface area is 143 Å². The summed E-state index contributed by atoms with van der Waals surface area (Å²) in [6.45, 7) is 5.17. The summed E-state index contributed by atoms with van der Waals surface area (Å²) >= 11 is 0. The van der Waals surface area contributed by atoms with Crippen LogP contribution in [0.3, 0.4) is 0 Å². The Morgan fingerprint density at radius 3 is 2.79 bits per heavy atom. The molecule has 1 N–H and O–H groups in total. The Kier molecular flexibility index (Phi) is 5.33. The van der Waals surface area contributed by atoms with Crippen molar-refractivity contribution < 1.29 is 9.59 Å². The van der Waals surface area contributed by atoms with Crippen LogP contribution in [0, 0.1) is 5.92 Å². The van der Waals surface area contributed by atoms with Gasteiger partial charge in [0.1, 0.15) is 0 Å². The first-order valence-corrected chi connectivity index (χ1v) is 8.88. The van der Waals surface area contributed by atoms with Crippen molar-refractivity contribution in [3.05, 3.63) is 30.1 Å². The summed E-state index contributed by atoms with van der Waals surface area (Å²) < 4.78 is 0. The molecule has 3 heterocycles. The molecule has 2 aliphatic rings. The first kappa shape index (κ1) is 16.7. The summed E-state index contributed by atoms with van der Waals surface area (Å²) in [5.74, 6) is 0.685. The van der Waals surface area contributed by atoms with Crippen LogP contribution in [0.15, 0.2) is 24.5 Å². The maximum absolute atomic E-state index is 12.5. The lowest BCUT2D eigenvalue weighted by atomic mass is 10.0. The van der Waals surface area contributed by atoms with Crippen molar-refractivity contribution in [2.75, 3.05) is 26.2 Å². The molecule has 130 valence electrons. The van der Waals surface area contributed by atoms with Gasteiger partial charge in [0.15, 0.2) is 0 Å². The number of urea groups is 1. The van der Waals surface area contributed by atoms with Crippen LogP contribution in [0.25, 0.3) is 0 Å². The predicted molar refractivity (Wildman–Crippen MR) is 91.7 cm³/mol. The van der Waals surface area contributed by atoms with Crippen molar-refractivity contribution in [1.82, 2.24) is 20.1 Å². The van der Waals surface area contributed by atoms with Crippen LogP contribution in [0.5, 0.6) is 0 Å². The Morgan fingerprint density at radius 2 is 2.00 bits per heavy atom. The molecule has 0 radical (unpaired) electrons. The van der Waals surface area contributed by atoms with E-state index in [9.17, 15) is 9.59 Å². The number of hydrogen-bond acceptors (Lipinski definition) is 3. The van der Waals surface area contributed by atoms with Crippen LogP contribution in [-0.2, 0) is 0 Å². The number of hydrogen-bond donors (Lipinski definition) is 1. The second kappa shape index (κ2) is 7.64. The van der Waals surface area contributed by atoms with Gasteiger partial charge in [0, 0.05) is 44.6 Å². The van der Waals surface area contributed by atoms with Gasteiger partial charge in [0.05, 0.1) is 5.56 Å². The molecular formula is C18H26N4O2. The zero-order valence-corrected chi connectivity index (χ0v) is 14.3. The van der Waals surface area contributed by atoms with E-state index in [-0.39, 0.29) is 18.0 Å². The zero-order chi connectivity index (χ0) is 16.9. The van der Waals surface area contributed by atoms with Gasteiger partial charge in [-0.05, 0) is 43.7 Å². The fourth-order valence-corrected chi connectivity index (χ4v) is 3.47. The summed E-state index contributed by atoms with van der Waals surface area (Å²) in [5.41, 5.74) is 0.603. The molecule has 0 spiro atoms. The number of aromatic nitrogens is 1. The molecule has 2 saturated heterocycles. The fraction of sp³-hybridized carbons (Fsp3) is 0.611. The summed E-state index contributed by atoms with van der Waals surface area (Å²) in [5, 5.41) is 3.10. The van der Waals surface area contributed by atoms with Gasteiger partial charge in [0.2, 0.25) is 0 Å². The zero-order valence-electron chi connectivity index (χ0n) is 14.3. The number of carbonyl (C=O) groups excluding carboxylic acids is 2. The minimum atomic E-state index is -0.0107. The van der Waals surface area contributed by atoms with E-state index in [4.69, 9.17) is 0 Å². The summed E-state index contributed by atoms with van der Waals surface area (Å²) in [4.78, 5) is 32.6. The van der Waals surface area contributed by atoms with Crippen LogP contribution in [-0.4, -0.2) is 58.9 Å². The maximum atomic E-state index is 12.5. The van der Waals surface area contributed by atoms with Crippen molar-refractivity contribution in [2.24, 2.45) is 5.92 Å². The van der Waals surface area contributed by atoms with Crippen molar-refractivity contribution >= 4 is 11.9 Å². The van der Waals surface area contributed by atoms with E-state index < -0.39 is 0 Å². The Morgan fingerprint density at radius 1 is 1.17 bits per heavy atom. The third kappa shape index (κ3) is 4.04. The number of amides is 3. The first-order valence-electron chi connectivity index (χ1n) is 8.88. The lowest BCUT2D eigenvalue weighted by Gasteiger charge is -2.24. The molecule has 1 aromatic heterocycles. The monoisotopic (exact) mass is 330 g/mol. The quantitative estimate of drug-likeness (QED) is 0.903. The Hall–Kier alpha value is -2.11. The summed E-state index contributed by atoms with van der Waals surface area (Å²) in [6.07, 6.45) is 7.40. The highest BCUT2D eigenvalue weighted by Crippen LogP contribution is 2.17. The summed E-state index contributed by atoms with van der Waals surface area (Å²) in [7, 11) is 0. The molecule has 6 nitrogen and oxygen atoms in total. The first-order chi connectivity index (χ1) is 11.6. The highest BCUT2D eigenvalue weighted by atomic mass is 16.2. The van der Waals surface area contributed by atoms with Crippen LogP contribution in [0.4, 0.5) is 4.79 Å². The van der Waals surface area contributed by atoms with Gasteiger partial charge in [-0.15, -0.1) is 0 Å². The number of likely N-dealkylation sites (tertiary alicyclic amines) is 2. The fourth-order valence-electron chi connectivity index (χ4n) is 3.47. The molecule has 0 bridgehead atoms. The van der Waals surface area contributed by atoms with Gasteiger partial charge < -0.3 is 15.1 Å². The van der Waals surface area contributed by atoms with Crippen LogP contribution >= 0.6 is 0 Å². The molecule has 0 aliphatic carbocycles. The van der Waals surface area contributed by atoms with Crippen molar-refractivity contribution in [3.8, 4) is 0 Å². The van der Waals surface area contributed by atoms with E-state index in [1.165, 1.54) is 6.42 Å². The summed E-state index contributed by atoms with van der Waals surface area (Å²) in [6, 6.07) is 3.60. The third-order valence-corrected chi connectivity index (χ3v) is 5.02. The third-order valence-electron chi connectivity index (χ3n) is 5.02. The molecule has 2 fully saturated rings. The highest BCUT2D eigenvalue weighted by Gasteiger charge is 2.29. The van der Waals surface area contributed by atoms with E-state index in [1.807, 2.05) is 4.90 Å². The average molecular weight is 330 g/mol. The lowest BCUT2D eigenvalue weighted by molar-refractivity contribution is 0.0788. The Balaban J connectivity index is 1.50. The van der Waals surface area contributed by atoms with Gasteiger partial charge in [-0.3, -0.25) is 9.78 Å². The van der Waals surface area contributed by atoms with Crippen molar-refractivity contribution in [1.29, 1.82) is 0 Å². The number of nitrogens with zero attached hydrogens (tertiary/aromatic N) is 3. The van der Waals surface area contributed by atoms with Gasteiger partial charge in [-0.1, -0.05) is 6.92 Å². The SMILES string of the molecule is C[C@H]1CCCN(C(=O)N[C@H]2CCN(C(=O)c3cccnc3)C2)CC1. The van der Waals surface area contributed by atoms with Crippen LogP contribution < -0.4 is 5.32 Å². The predicted octanol–water partition coefficient (Wildman–Crippen LogP) is 2.13. The number of carbonyl (C=O) groups is 2. The molecule has 3 rings (SSSR count). The second-order valence-corrected chi connectivity index (χ2v) is 6.95. The molecule has 0 aromatic carbocycles. The molecular weight excluding hydrogens is 304 g/mol. The van der Waals surface area contributed by atoms with Gasteiger partial charge >= 0.3 is 6.03 Å². The second-order valence-electron chi connectivity index (χ2n) is 6.95. The van der Waals surface area contributed by atoms with Gasteiger partial charge in [0.25, 0.3) is 5.91 Å². The van der Waals surface area contributed by atoms with E-state index in [0.29, 0.717) is 24.6 Å². The lowest BCUT2D eigenvalue weighted by Crippen LogP contribution is -2.46. The minimum Gasteiger partial charge on any atom is -0.336 e. The maximum Gasteiger partial charge on any atom is 0.317 e. The normalized spacial score (nSPS) is 24.5. The van der Waals surface area contributed by atoms with Crippen molar-refractivity contribution in [3.63, 3.8) is 0 Å². The molecule has 0 saturated carbocycles. The van der Waals surface area contributed by atoms with Gasteiger partial charge in [-0.25, -0.2) is 4.79 Å². The highest BCUT2D eigenvalue weighted by molar-refractivity contribution is 5.94. The molecule has 2 aliphatic heterocycles. The number of rotatable bonds is 2. The van der Waals surface area contributed by atoms with E-state index in [2.05, 4.69) is 17.2 Å². The molecule has 2 atom stereocenters. The average Bonchev–Trinajstić information content (AvgIpc) is 2.95. The Bertz CT molecular complexity index is 578. The smallest absolute Gasteiger partial charge is 0.317 e. The topological polar surface area (TPSA) is 65.5 Å². The molecule has 6 heteroatoms. The molecule has 0 unspecified atom stereocenters. The van der Waals surface area contributed by atoms with E-state index >= 15 is 0 Å². The van der Waals surface area contributed by atoms with Gasteiger partial charge in [-0.2, -0.15) is 0 Å². The largest absolute Gasteiger partial charge is 0.336 e.